The summed E-state index contributed by atoms with van der Waals surface area (Å²) in [5.74, 6) is -0.614. The van der Waals surface area contributed by atoms with Gasteiger partial charge in [0.1, 0.15) is 18.1 Å². The molecule has 3 amide bonds. The Labute approximate surface area is 235 Å². The van der Waals surface area contributed by atoms with Crippen LogP contribution < -0.4 is 10.6 Å². The second-order valence-corrected chi connectivity index (χ2v) is 12.5. The molecule has 3 aromatic rings. The van der Waals surface area contributed by atoms with E-state index >= 15 is 0 Å². The number of hydrogen-bond donors (Lipinski definition) is 3. The van der Waals surface area contributed by atoms with E-state index in [0.29, 0.717) is 24.8 Å². The molecule has 210 valence electrons. The summed E-state index contributed by atoms with van der Waals surface area (Å²) in [6.45, 7) is 9.80. The maximum atomic E-state index is 14.5. The highest BCUT2D eigenvalue weighted by Crippen LogP contribution is 2.36. The summed E-state index contributed by atoms with van der Waals surface area (Å²) < 4.78 is 0. The van der Waals surface area contributed by atoms with Crippen LogP contribution in [0.3, 0.4) is 0 Å². The lowest BCUT2D eigenvalue weighted by molar-refractivity contribution is -0.158. The van der Waals surface area contributed by atoms with Gasteiger partial charge in [-0.25, -0.2) is 0 Å². The summed E-state index contributed by atoms with van der Waals surface area (Å²) in [5.41, 5.74) is 4.33. The number of piperazine rings is 1. The van der Waals surface area contributed by atoms with Crippen molar-refractivity contribution in [2.45, 2.75) is 77.5 Å². The number of carbonyl (C=O) groups is 3. The Morgan fingerprint density at radius 3 is 2.23 bits per heavy atom. The highest BCUT2D eigenvalue weighted by molar-refractivity contribution is 6.00. The Balaban J connectivity index is 1.55. The molecule has 1 aliphatic heterocycles. The quantitative estimate of drug-likeness (QED) is 0.417. The van der Waals surface area contributed by atoms with Crippen LogP contribution in [0.4, 0.5) is 0 Å². The van der Waals surface area contributed by atoms with E-state index in [2.05, 4.69) is 33.0 Å². The van der Waals surface area contributed by atoms with Crippen LogP contribution in [-0.2, 0) is 27.2 Å². The molecule has 1 saturated heterocycles. The van der Waals surface area contributed by atoms with Gasteiger partial charge in [-0.15, -0.1) is 0 Å². The first-order chi connectivity index (χ1) is 19.0. The first-order valence-corrected chi connectivity index (χ1v) is 14.1. The molecule has 3 N–H and O–H groups in total. The molecule has 3 unspecified atom stereocenters. The molecular weight excluding hydrogens is 502 g/mol. The molecular formula is C32H39N5O3. The molecule has 2 aliphatic rings. The fourth-order valence-electron chi connectivity index (χ4n) is 6.01. The third-order valence-electron chi connectivity index (χ3n) is 7.77. The second kappa shape index (κ2) is 10.9. The van der Waals surface area contributed by atoms with Crippen LogP contribution in [0.25, 0.3) is 11.3 Å². The maximum absolute atomic E-state index is 14.5. The van der Waals surface area contributed by atoms with Gasteiger partial charge in [-0.05, 0) is 80.2 Å². The number of hydrogen-bond acceptors (Lipinski definition) is 4. The molecule has 3 atom stereocenters. The van der Waals surface area contributed by atoms with Gasteiger partial charge >= 0.3 is 0 Å². The van der Waals surface area contributed by atoms with Gasteiger partial charge in [0.25, 0.3) is 0 Å². The number of nitrogens with zero attached hydrogens (tertiary/aromatic N) is 2. The topological polar surface area (TPSA) is 107 Å². The predicted molar refractivity (Wildman–Crippen MR) is 154 cm³/mol. The molecule has 5 rings (SSSR count). The van der Waals surface area contributed by atoms with E-state index in [0.717, 1.165) is 11.3 Å². The molecule has 0 radical (unpaired) electrons. The molecule has 40 heavy (non-hydrogen) atoms. The van der Waals surface area contributed by atoms with Crippen LogP contribution in [0.1, 0.15) is 63.8 Å². The van der Waals surface area contributed by atoms with E-state index in [-0.39, 0.29) is 29.6 Å². The average Bonchev–Trinajstić information content (AvgIpc) is 3.57. The molecule has 0 spiro atoms. The molecule has 0 bridgehead atoms. The number of aromatic amines is 1. The summed E-state index contributed by atoms with van der Waals surface area (Å²) >= 11 is 0. The Morgan fingerprint density at radius 2 is 1.68 bits per heavy atom. The van der Waals surface area contributed by atoms with Crippen LogP contribution in [0.5, 0.6) is 0 Å². The van der Waals surface area contributed by atoms with E-state index in [1.807, 2.05) is 77.1 Å². The van der Waals surface area contributed by atoms with Crippen molar-refractivity contribution in [1.82, 2.24) is 25.7 Å². The van der Waals surface area contributed by atoms with Crippen molar-refractivity contribution in [3.05, 3.63) is 77.5 Å². The number of carbonyl (C=O) groups excluding carboxylic acids is 3. The van der Waals surface area contributed by atoms with Crippen molar-refractivity contribution in [1.29, 1.82) is 0 Å². The highest BCUT2D eigenvalue weighted by Gasteiger charge is 2.49. The lowest BCUT2D eigenvalue weighted by Crippen LogP contribution is -2.67. The predicted octanol–water partition coefficient (Wildman–Crippen LogP) is 4.19. The zero-order chi connectivity index (χ0) is 28.6. The number of nitrogens with one attached hydrogen (secondary N) is 3. The van der Waals surface area contributed by atoms with Crippen molar-refractivity contribution in [3.8, 4) is 11.3 Å². The molecule has 8 heteroatoms. The van der Waals surface area contributed by atoms with Crippen molar-refractivity contribution in [2.75, 3.05) is 0 Å². The molecule has 1 fully saturated rings. The van der Waals surface area contributed by atoms with Crippen LogP contribution in [0, 0.1) is 11.8 Å². The van der Waals surface area contributed by atoms with Crippen molar-refractivity contribution in [3.63, 3.8) is 0 Å². The van der Waals surface area contributed by atoms with Gasteiger partial charge < -0.3 is 15.5 Å². The van der Waals surface area contributed by atoms with Crippen molar-refractivity contribution >= 4 is 17.7 Å². The van der Waals surface area contributed by atoms with Gasteiger partial charge in [-0.3, -0.25) is 19.5 Å². The van der Waals surface area contributed by atoms with Gasteiger partial charge in [-0.1, -0.05) is 62.4 Å². The third-order valence-corrected chi connectivity index (χ3v) is 7.77. The van der Waals surface area contributed by atoms with Gasteiger partial charge in [0.2, 0.25) is 17.7 Å². The van der Waals surface area contributed by atoms with Crippen LogP contribution in [0.2, 0.25) is 0 Å². The fourth-order valence-corrected chi connectivity index (χ4v) is 6.01. The van der Waals surface area contributed by atoms with Gasteiger partial charge in [0, 0.05) is 11.7 Å². The lowest BCUT2D eigenvalue weighted by Gasteiger charge is -2.45. The zero-order valence-electron chi connectivity index (χ0n) is 23.9. The number of benzene rings is 2. The Hall–Kier alpha value is -3.94. The molecule has 1 aliphatic carbocycles. The van der Waals surface area contributed by atoms with E-state index in [9.17, 15) is 14.4 Å². The monoisotopic (exact) mass is 541 g/mol. The molecule has 8 nitrogen and oxygen atoms in total. The fraction of sp³-hybridized carbons (Fsp3) is 0.438. The lowest BCUT2D eigenvalue weighted by atomic mass is 9.87. The minimum atomic E-state index is -0.955. The van der Waals surface area contributed by atoms with E-state index in [4.69, 9.17) is 0 Å². The maximum Gasteiger partial charge on any atom is 0.247 e. The molecule has 2 heterocycles. The molecule has 1 aromatic heterocycles. The number of rotatable bonds is 7. The van der Waals surface area contributed by atoms with Gasteiger partial charge in [0.15, 0.2) is 0 Å². The van der Waals surface area contributed by atoms with Crippen molar-refractivity contribution in [2.24, 2.45) is 11.8 Å². The van der Waals surface area contributed by atoms with Crippen LogP contribution >= 0.6 is 0 Å². The summed E-state index contributed by atoms with van der Waals surface area (Å²) in [4.78, 5) is 43.8. The Kier molecular flexibility index (Phi) is 7.53. The molecule has 0 saturated carbocycles. The summed E-state index contributed by atoms with van der Waals surface area (Å²) in [6, 6.07) is 15.2. The Morgan fingerprint density at radius 1 is 1.02 bits per heavy atom. The third kappa shape index (κ3) is 5.67. The molecule has 2 aromatic carbocycles. The highest BCUT2D eigenvalue weighted by atomic mass is 16.2. The van der Waals surface area contributed by atoms with E-state index in [1.54, 1.807) is 11.1 Å². The number of aromatic nitrogens is 2. The number of fused-ring (bicyclic) bond motifs is 1. The SMILES string of the molecule is CC(C)CC1C(=O)NC(C2Cc3ccccc3C2)C(=O)N1C(C(=O)NC(C)(C)C)c1ccc(-c2ccn[nH]2)cc1. The van der Waals surface area contributed by atoms with Gasteiger partial charge in [0.05, 0.1) is 5.69 Å². The van der Waals surface area contributed by atoms with E-state index < -0.39 is 23.7 Å². The smallest absolute Gasteiger partial charge is 0.247 e. The number of amides is 3. The number of H-pyrrole nitrogens is 1. The standard InChI is InChI=1S/C32H39N5O3/c1-19(2)16-26-29(38)34-27(24-17-22-8-6-7-9-23(22)18-24)31(40)37(26)28(30(39)35-32(3,4)5)21-12-10-20(11-13-21)25-14-15-33-36-25/h6-15,19,24,26-28H,16-18H2,1-5H3,(H,33,36)(H,34,38)(H,35,39). The first-order valence-electron chi connectivity index (χ1n) is 14.1. The average molecular weight is 542 g/mol. The van der Waals surface area contributed by atoms with E-state index in [1.165, 1.54) is 11.1 Å². The van der Waals surface area contributed by atoms with Crippen LogP contribution in [-0.4, -0.2) is 50.4 Å². The minimum absolute atomic E-state index is 0.0644. The summed E-state index contributed by atoms with van der Waals surface area (Å²) in [5, 5.41) is 13.1. The minimum Gasteiger partial charge on any atom is -0.349 e. The van der Waals surface area contributed by atoms with Crippen molar-refractivity contribution < 1.29 is 14.4 Å². The largest absolute Gasteiger partial charge is 0.349 e. The van der Waals surface area contributed by atoms with Crippen LogP contribution in [0.15, 0.2) is 60.8 Å². The van der Waals surface area contributed by atoms with Gasteiger partial charge in [-0.2, -0.15) is 5.10 Å². The normalized spacial score (nSPS) is 20.4. The second-order valence-electron chi connectivity index (χ2n) is 12.5. The Bertz CT molecular complexity index is 1350. The zero-order valence-corrected chi connectivity index (χ0v) is 23.9. The summed E-state index contributed by atoms with van der Waals surface area (Å²) in [7, 11) is 0. The first kappa shape index (κ1) is 27.6. The summed E-state index contributed by atoms with van der Waals surface area (Å²) in [6.07, 6.45) is 3.58.